The quantitative estimate of drug-likeness (QED) is 0.875. The number of aliphatic hydroxyl groups excluding tert-OH is 1. The number of aromatic nitrogens is 1. The van der Waals surface area contributed by atoms with Gasteiger partial charge in [0.05, 0.1) is 12.1 Å². The largest absolute Gasteiger partial charge is 0.396 e. The van der Waals surface area contributed by atoms with Crippen LogP contribution in [0, 0.1) is 5.41 Å². The van der Waals surface area contributed by atoms with Gasteiger partial charge in [0.15, 0.2) is 0 Å². The number of pyridine rings is 1. The summed E-state index contributed by atoms with van der Waals surface area (Å²) in [6.45, 7) is 0.697. The lowest BCUT2D eigenvalue weighted by Gasteiger charge is -2.12. The van der Waals surface area contributed by atoms with E-state index in [1.165, 1.54) is 0 Å². The molecule has 1 aromatic carbocycles. The summed E-state index contributed by atoms with van der Waals surface area (Å²) < 4.78 is 0. The molecule has 0 aliphatic heterocycles. The number of nitrogens with one attached hydrogen (secondary N) is 1. The predicted octanol–water partition coefficient (Wildman–Crippen LogP) is 1.74. The van der Waals surface area contributed by atoms with E-state index in [1.807, 2.05) is 24.3 Å². The summed E-state index contributed by atoms with van der Waals surface area (Å²) in [5, 5.41) is 13.1. The van der Waals surface area contributed by atoms with Crippen LogP contribution in [0.3, 0.4) is 0 Å². The molecule has 1 aliphatic carbocycles. The molecule has 2 N–H and O–H groups in total. The standard InChI is InChI=1S/C15H16N2O2/c18-10-15(5-6-15)9-17-14(19)12-3-4-13-11(8-12)2-1-7-16-13/h1-4,7-8,18H,5-6,9-10H2,(H,17,19). The average Bonchev–Trinajstić information content (AvgIpc) is 3.25. The van der Waals surface area contributed by atoms with Crippen molar-refractivity contribution in [2.24, 2.45) is 5.41 Å². The summed E-state index contributed by atoms with van der Waals surface area (Å²) in [5.41, 5.74) is 1.45. The van der Waals surface area contributed by atoms with E-state index < -0.39 is 0 Å². The Morgan fingerprint density at radius 1 is 1.37 bits per heavy atom. The molecule has 1 heterocycles. The van der Waals surface area contributed by atoms with Gasteiger partial charge in [0.1, 0.15) is 0 Å². The Labute approximate surface area is 111 Å². The highest BCUT2D eigenvalue weighted by atomic mass is 16.3. The van der Waals surface area contributed by atoms with Crippen molar-refractivity contribution in [2.45, 2.75) is 12.8 Å². The van der Waals surface area contributed by atoms with Gasteiger partial charge in [-0.1, -0.05) is 6.07 Å². The molecule has 0 unspecified atom stereocenters. The molecule has 3 rings (SSSR count). The smallest absolute Gasteiger partial charge is 0.251 e. The van der Waals surface area contributed by atoms with Crippen LogP contribution in [0.2, 0.25) is 0 Å². The molecule has 2 aromatic rings. The number of hydrogen-bond acceptors (Lipinski definition) is 3. The van der Waals surface area contributed by atoms with Crippen LogP contribution in [-0.4, -0.2) is 29.1 Å². The Balaban J connectivity index is 1.74. The molecule has 19 heavy (non-hydrogen) atoms. The van der Waals surface area contributed by atoms with Gasteiger partial charge in [0.25, 0.3) is 5.91 Å². The molecule has 1 fully saturated rings. The molecule has 4 heteroatoms. The van der Waals surface area contributed by atoms with E-state index in [2.05, 4.69) is 10.3 Å². The molecule has 0 atom stereocenters. The molecule has 0 bridgehead atoms. The van der Waals surface area contributed by atoms with E-state index in [9.17, 15) is 9.90 Å². The van der Waals surface area contributed by atoms with Gasteiger partial charge in [-0.3, -0.25) is 9.78 Å². The number of rotatable bonds is 4. The highest BCUT2D eigenvalue weighted by Gasteiger charge is 2.42. The number of hydrogen-bond donors (Lipinski definition) is 2. The topological polar surface area (TPSA) is 62.2 Å². The number of fused-ring (bicyclic) bond motifs is 1. The number of carbonyl (C=O) groups excluding carboxylic acids is 1. The number of benzene rings is 1. The van der Waals surface area contributed by atoms with E-state index in [1.54, 1.807) is 12.3 Å². The number of aliphatic hydroxyl groups is 1. The van der Waals surface area contributed by atoms with Crippen LogP contribution in [0.5, 0.6) is 0 Å². The van der Waals surface area contributed by atoms with Crippen LogP contribution in [0.4, 0.5) is 0 Å². The maximum atomic E-state index is 12.1. The van der Waals surface area contributed by atoms with Gasteiger partial charge < -0.3 is 10.4 Å². The molecule has 1 saturated carbocycles. The van der Waals surface area contributed by atoms with Gasteiger partial charge in [0, 0.05) is 29.1 Å². The minimum Gasteiger partial charge on any atom is -0.396 e. The number of carbonyl (C=O) groups is 1. The average molecular weight is 256 g/mol. The minimum absolute atomic E-state index is 0.0614. The zero-order valence-corrected chi connectivity index (χ0v) is 10.6. The summed E-state index contributed by atoms with van der Waals surface area (Å²) >= 11 is 0. The molecule has 0 saturated heterocycles. The molecule has 1 aromatic heterocycles. The van der Waals surface area contributed by atoms with Crippen molar-refractivity contribution >= 4 is 16.8 Å². The lowest BCUT2D eigenvalue weighted by Crippen LogP contribution is -2.31. The third-order valence-corrected chi connectivity index (χ3v) is 3.78. The Bertz CT molecular complexity index is 620. The summed E-state index contributed by atoms with van der Waals surface area (Å²) in [4.78, 5) is 16.3. The predicted molar refractivity (Wildman–Crippen MR) is 72.8 cm³/mol. The van der Waals surface area contributed by atoms with Crippen molar-refractivity contribution in [2.75, 3.05) is 13.2 Å². The first kappa shape index (κ1) is 12.1. The zero-order chi connectivity index (χ0) is 13.3. The third-order valence-electron chi connectivity index (χ3n) is 3.78. The van der Waals surface area contributed by atoms with Gasteiger partial charge in [-0.05, 0) is 37.1 Å². The molecular formula is C15H16N2O2. The van der Waals surface area contributed by atoms with Gasteiger partial charge >= 0.3 is 0 Å². The first-order valence-electron chi connectivity index (χ1n) is 6.46. The fourth-order valence-electron chi connectivity index (χ4n) is 2.15. The second-order valence-electron chi connectivity index (χ2n) is 5.25. The zero-order valence-electron chi connectivity index (χ0n) is 10.6. The van der Waals surface area contributed by atoms with E-state index >= 15 is 0 Å². The summed E-state index contributed by atoms with van der Waals surface area (Å²) in [7, 11) is 0. The maximum Gasteiger partial charge on any atom is 0.251 e. The maximum absolute atomic E-state index is 12.1. The molecule has 1 aliphatic rings. The summed E-state index contributed by atoms with van der Waals surface area (Å²) in [6, 6.07) is 9.27. The Morgan fingerprint density at radius 3 is 2.95 bits per heavy atom. The van der Waals surface area contributed by atoms with Gasteiger partial charge in [-0.2, -0.15) is 0 Å². The van der Waals surface area contributed by atoms with E-state index in [4.69, 9.17) is 0 Å². The summed E-state index contributed by atoms with van der Waals surface area (Å²) in [5.74, 6) is -0.0921. The van der Waals surface area contributed by atoms with Crippen molar-refractivity contribution in [3.05, 3.63) is 42.1 Å². The lowest BCUT2D eigenvalue weighted by atomic mass is 10.1. The Morgan fingerprint density at radius 2 is 2.21 bits per heavy atom. The van der Waals surface area contributed by atoms with Crippen molar-refractivity contribution in [3.8, 4) is 0 Å². The van der Waals surface area contributed by atoms with Crippen LogP contribution in [0.1, 0.15) is 23.2 Å². The van der Waals surface area contributed by atoms with Crippen LogP contribution in [0.15, 0.2) is 36.5 Å². The Kier molecular flexibility index (Phi) is 2.95. The van der Waals surface area contributed by atoms with Crippen LogP contribution in [-0.2, 0) is 0 Å². The van der Waals surface area contributed by atoms with Crippen LogP contribution in [0.25, 0.3) is 10.9 Å². The van der Waals surface area contributed by atoms with Crippen molar-refractivity contribution in [1.29, 1.82) is 0 Å². The SMILES string of the molecule is O=C(NCC1(CO)CC1)c1ccc2ncccc2c1. The van der Waals surface area contributed by atoms with E-state index in [-0.39, 0.29) is 17.9 Å². The molecule has 98 valence electrons. The first-order valence-corrected chi connectivity index (χ1v) is 6.46. The highest BCUT2D eigenvalue weighted by Crippen LogP contribution is 2.44. The summed E-state index contributed by atoms with van der Waals surface area (Å²) in [6.07, 6.45) is 3.72. The Hall–Kier alpha value is -1.94. The van der Waals surface area contributed by atoms with E-state index in [0.29, 0.717) is 12.1 Å². The number of nitrogens with zero attached hydrogens (tertiary/aromatic N) is 1. The van der Waals surface area contributed by atoms with Crippen LogP contribution < -0.4 is 5.32 Å². The minimum atomic E-state index is -0.0921. The fraction of sp³-hybridized carbons (Fsp3) is 0.333. The van der Waals surface area contributed by atoms with Crippen molar-refractivity contribution < 1.29 is 9.90 Å². The first-order chi connectivity index (χ1) is 9.22. The monoisotopic (exact) mass is 256 g/mol. The van der Waals surface area contributed by atoms with E-state index in [0.717, 1.165) is 23.7 Å². The fourth-order valence-corrected chi connectivity index (χ4v) is 2.15. The second kappa shape index (κ2) is 4.63. The van der Waals surface area contributed by atoms with Crippen molar-refractivity contribution in [3.63, 3.8) is 0 Å². The molecular weight excluding hydrogens is 240 g/mol. The van der Waals surface area contributed by atoms with Gasteiger partial charge in [-0.25, -0.2) is 0 Å². The normalized spacial score (nSPS) is 16.3. The highest BCUT2D eigenvalue weighted by molar-refractivity contribution is 5.97. The van der Waals surface area contributed by atoms with Crippen LogP contribution >= 0.6 is 0 Å². The lowest BCUT2D eigenvalue weighted by molar-refractivity contribution is 0.0935. The second-order valence-corrected chi connectivity index (χ2v) is 5.25. The number of amides is 1. The van der Waals surface area contributed by atoms with Gasteiger partial charge in [-0.15, -0.1) is 0 Å². The molecule has 1 amide bonds. The molecule has 0 radical (unpaired) electrons. The third kappa shape index (κ3) is 2.44. The van der Waals surface area contributed by atoms with Crippen molar-refractivity contribution in [1.82, 2.24) is 10.3 Å². The van der Waals surface area contributed by atoms with Gasteiger partial charge in [0.2, 0.25) is 0 Å². The molecule has 0 spiro atoms. The molecule has 4 nitrogen and oxygen atoms in total.